The highest BCUT2D eigenvalue weighted by Crippen LogP contribution is 2.15. The van der Waals surface area contributed by atoms with E-state index in [9.17, 15) is 17.3 Å². The highest BCUT2D eigenvalue weighted by Gasteiger charge is 2.20. The van der Waals surface area contributed by atoms with Crippen LogP contribution in [0.5, 0.6) is 0 Å². The molecule has 142 valence electrons. The van der Waals surface area contributed by atoms with E-state index >= 15 is 0 Å². The van der Waals surface area contributed by atoms with Crippen molar-refractivity contribution >= 4 is 12.9 Å². The number of hydrogen-bond acceptors (Lipinski definition) is 1. The topological polar surface area (TPSA) is 28.1 Å². The van der Waals surface area contributed by atoms with Crippen molar-refractivity contribution in [3.05, 3.63) is 34.8 Å². The fourth-order valence-electron chi connectivity index (χ4n) is 2.55. The zero-order valence-electron chi connectivity index (χ0n) is 15.1. The van der Waals surface area contributed by atoms with E-state index in [1.54, 1.807) is 0 Å². The van der Waals surface area contributed by atoms with Gasteiger partial charge in [0.15, 0.2) is 4.98 Å². The summed E-state index contributed by atoms with van der Waals surface area (Å²) in [6, 6.07) is 7.85. The zero-order chi connectivity index (χ0) is 19.0. The number of hydrogen-bond donors (Lipinski definition) is 0. The van der Waals surface area contributed by atoms with Gasteiger partial charge in [-0.1, -0.05) is 76.8 Å². The largest absolute Gasteiger partial charge is 0.673 e. The molecule has 0 saturated heterocycles. The Morgan fingerprint density at radius 3 is 1.56 bits per heavy atom. The smallest absolute Gasteiger partial charge is 0.418 e. The molecule has 0 bridgehead atoms. The highest BCUT2D eigenvalue weighted by molar-refractivity contribution is 6.50. The van der Waals surface area contributed by atoms with Gasteiger partial charge in [0.2, 0.25) is 5.39 Å². The van der Waals surface area contributed by atoms with Gasteiger partial charge < -0.3 is 17.3 Å². The van der Waals surface area contributed by atoms with Crippen LogP contribution in [-0.4, -0.2) is 7.25 Å². The van der Waals surface area contributed by atoms with Gasteiger partial charge in [-0.05, 0) is 18.4 Å². The number of halogens is 4. The second-order valence-corrected chi connectivity index (χ2v) is 6.19. The molecule has 1 aromatic carbocycles. The minimum absolute atomic E-state index is 0.636. The molecule has 0 saturated carbocycles. The van der Waals surface area contributed by atoms with Gasteiger partial charge in [0, 0.05) is 12.1 Å². The summed E-state index contributed by atoms with van der Waals surface area (Å²) in [4.78, 5) is 3.17. The minimum Gasteiger partial charge on any atom is -0.418 e. The maximum atomic E-state index is 9.75. The van der Waals surface area contributed by atoms with E-state index in [1.807, 2.05) is 12.1 Å². The summed E-state index contributed by atoms with van der Waals surface area (Å²) in [6.07, 6.45) is 14.9. The average Bonchev–Trinajstić information content (AvgIpc) is 2.55. The molecular weight excluding hydrogens is 331 g/mol. The Kier molecular flexibility index (Phi) is 13.8. The van der Waals surface area contributed by atoms with Crippen LogP contribution < -0.4 is 0 Å². The molecule has 0 aliphatic carbocycles. The third-order valence-electron chi connectivity index (χ3n) is 3.87. The van der Waals surface area contributed by atoms with Crippen LogP contribution in [0.4, 0.5) is 23.0 Å². The van der Waals surface area contributed by atoms with Crippen molar-refractivity contribution in [3.8, 4) is 0 Å². The van der Waals surface area contributed by atoms with Crippen molar-refractivity contribution in [2.75, 3.05) is 0 Å². The van der Waals surface area contributed by atoms with Crippen molar-refractivity contribution in [3.63, 3.8) is 0 Å². The Labute approximate surface area is 148 Å². The summed E-state index contributed by atoms with van der Waals surface area (Å²) in [5, 5.41) is 8.62. The summed E-state index contributed by atoms with van der Waals surface area (Å²) in [6.45, 7) is 2.27. The number of rotatable bonds is 11. The van der Waals surface area contributed by atoms with E-state index in [1.165, 1.54) is 69.8 Å². The molecule has 0 aliphatic rings. The number of unbranched alkanes of at least 4 members (excludes halogenated alkanes) is 9. The fraction of sp³-hybridized carbons (Fsp3) is 0.667. The SMILES string of the molecule is CCCCCCCCCCCCc1ccc([N+]#N)cc1.F[B-](F)(F)F. The molecule has 0 aliphatic heterocycles. The average molecular weight is 360 g/mol. The van der Waals surface area contributed by atoms with Gasteiger partial charge in [0.05, 0.1) is 0 Å². The second-order valence-electron chi connectivity index (χ2n) is 6.19. The summed E-state index contributed by atoms with van der Waals surface area (Å²) in [5.41, 5.74) is 1.98. The summed E-state index contributed by atoms with van der Waals surface area (Å²) in [7, 11) is -6.00. The Hall–Kier alpha value is -1.58. The Bertz CT molecular complexity index is 463. The van der Waals surface area contributed by atoms with Crippen LogP contribution in [0, 0.1) is 5.39 Å². The van der Waals surface area contributed by atoms with Gasteiger partial charge in [-0.2, -0.15) is 0 Å². The van der Waals surface area contributed by atoms with Gasteiger partial charge in [-0.25, -0.2) is 0 Å². The van der Waals surface area contributed by atoms with E-state index in [4.69, 9.17) is 5.39 Å². The van der Waals surface area contributed by atoms with E-state index in [0.717, 1.165) is 6.42 Å². The molecule has 0 unspecified atom stereocenters. The van der Waals surface area contributed by atoms with Crippen LogP contribution in [0.3, 0.4) is 0 Å². The molecule has 2 nitrogen and oxygen atoms in total. The lowest BCUT2D eigenvalue weighted by Crippen LogP contribution is -2.02. The molecule has 0 atom stereocenters. The van der Waals surface area contributed by atoms with Crippen LogP contribution in [0.15, 0.2) is 24.3 Å². The fourth-order valence-corrected chi connectivity index (χ4v) is 2.55. The first-order valence-corrected chi connectivity index (χ1v) is 9.18. The molecule has 0 aromatic heterocycles. The standard InChI is InChI=1S/C18H29N2.BF4/c1-2-3-4-5-6-7-8-9-10-11-12-17-13-15-18(20-19)16-14-17;2-1(3,4)5/h13-16H,2-12H2,1H3;/q+1;-1. The van der Waals surface area contributed by atoms with E-state index < -0.39 is 7.25 Å². The lowest BCUT2D eigenvalue weighted by Gasteiger charge is -2.02. The molecule has 1 rings (SSSR count). The van der Waals surface area contributed by atoms with Crippen molar-refractivity contribution in [1.29, 1.82) is 5.39 Å². The van der Waals surface area contributed by atoms with Crippen molar-refractivity contribution in [1.82, 2.24) is 0 Å². The first kappa shape index (κ1) is 23.4. The predicted molar refractivity (Wildman–Crippen MR) is 96.9 cm³/mol. The molecule has 1 aromatic rings. The molecule has 7 heteroatoms. The monoisotopic (exact) mass is 360 g/mol. The van der Waals surface area contributed by atoms with E-state index in [2.05, 4.69) is 24.0 Å². The van der Waals surface area contributed by atoms with Gasteiger partial charge in [0.1, 0.15) is 0 Å². The zero-order valence-corrected chi connectivity index (χ0v) is 15.1. The molecular formula is C18H29BF4N2. The molecule has 0 heterocycles. The highest BCUT2D eigenvalue weighted by atomic mass is 19.5. The van der Waals surface area contributed by atoms with Crippen molar-refractivity contribution in [2.24, 2.45) is 0 Å². The molecule has 0 amide bonds. The van der Waals surface area contributed by atoms with Gasteiger partial charge in [0.25, 0.3) is 0 Å². The van der Waals surface area contributed by atoms with Crippen LogP contribution in [0.2, 0.25) is 0 Å². The normalized spacial score (nSPS) is 10.7. The van der Waals surface area contributed by atoms with Crippen molar-refractivity contribution in [2.45, 2.75) is 77.6 Å². The lowest BCUT2D eigenvalue weighted by molar-refractivity contribution is 0.368. The Morgan fingerprint density at radius 2 is 1.16 bits per heavy atom. The summed E-state index contributed by atoms with van der Waals surface area (Å²) in [5.74, 6) is 0. The van der Waals surface area contributed by atoms with Crippen molar-refractivity contribution < 1.29 is 17.3 Å². The molecule has 0 fully saturated rings. The molecule has 25 heavy (non-hydrogen) atoms. The number of diazo groups is 1. The maximum absolute atomic E-state index is 9.75. The third kappa shape index (κ3) is 18.6. The lowest BCUT2D eigenvalue weighted by atomic mass is 10.0. The Balaban J connectivity index is 0.00000101. The van der Waals surface area contributed by atoms with E-state index in [0.29, 0.717) is 5.69 Å². The van der Waals surface area contributed by atoms with Crippen LogP contribution >= 0.6 is 0 Å². The van der Waals surface area contributed by atoms with Crippen LogP contribution in [-0.2, 0) is 6.42 Å². The van der Waals surface area contributed by atoms with Gasteiger partial charge in [-0.15, -0.1) is 0 Å². The first-order valence-electron chi connectivity index (χ1n) is 9.18. The van der Waals surface area contributed by atoms with Gasteiger partial charge >= 0.3 is 12.9 Å². The van der Waals surface area contributed by atoms with Crippen LogP contribution in [0.25, 0.3) is 4.98 Å². The third-order valence-corrected chi connectivity index (χ3v) is 3.87. The minimum atomic E-state index is -6.00. The van der Waals surface area contributed by atoms with Gasteiger partial charge in [-0.3, -0.25) is 0 Å². The number of aryl methyl sites for hydroxylation is 1. The second kappa shape index (κ2) is 14.7. The van der Waals surface area contributed by atoms with E-state index in [-0.39, 0.29) is 0 Å². The van der Waals surface area contributed by atoms with Crippen LogP contribution in [0.1, 0.15) is 76.7 Å². The molecule has 0 radical (unpaired) electrons. The summed E-state index contributed by atoms with van der Waals surface area (Å²) < 4.78 is 39.0. The summed E-state index contributed by atoms with van der Waals surface area (Å²) >= 11 is 0. The molecule has 0 spiro atoms. The quantitative estimate of drug-likeness (QED) is 0.170. The predicted octanol–water partition coefficient (Wildman–Crippen LogP) is 7.93. The Morgan fingerprint density at radius 1 is 0.760 bits per heavy atom. The number of benzene rings is 1. The molecule has 0 N–H and O–H groups in total. The maximum Gasteiger partial charge on any atom is 0.673 e. The number of nitrogens with zero attached hydrogens (tertiary/aromatic N) is 2. The first-order chi connectivity index (χ1) is 11.9.